The number of hydrogen-bond donors (Lipinski definition) is 2. The molecular weight excluding hydrogens is 264 g/mol. The van der Waals surface area contributed by atoms with Gasteiger partial charge in [-0.1, -0.05) is 30.3 Å². The van der Waals surface area contributed by atoms with Crippen LogP contribution < -0.4 is 10.6 Å². The van der Waals surface area contributed by atoms with Crippen LogP contribution in [0.3, 0.4) is 0 Å². The fourth-order valence-electron chi connectivity index (χ4n) is 2.37. The first-order valence-corrected chi connectivity index (χ1v) is 7.37. The zero-order valence-electron chi connectivity index (χ0n) is 11.5. The molecule has 3 heteroatoms. The SMILES string of the molecule is Cc1cccc(NC(=S)Nc2ccccc2C2CC2)c1. The minimum absolute atomic E-state index is 0.642. The van der Waals surface area contributed by atoms with Gasteiger partial charge in [0.15, 0.2) is 5.11 Å². The second-order valence-corrected chi connectivity index (χ2v) is 5.72. The summed E-state index contributed by atoms with van der Waals surface area (Å²) in [5, 5.41) is 7.20. The third-order valence-electron chi connectivity index (χ3n) is 3.50. The van der Waals surface area contributed by atoms with Crippen molar-refractivity contribution in [2.45, 2.75) is 25.7 Å². The molecule has 102 valence electrons. The highest BCUT2D eigenvalue weighted by Gasteiger charge is 2.25. The number of aryl methyl sites for hydroxylation is 1. The van der Waals surface area contributed by atoms with E-state index in [9.17, 15) is 0 Å². The largest absolute Gasteiger partial charge is 0.332 e. The van der Waals surface area contributed by atoms with Crippen molar-refractivity contribution in [3.63, 3.8) is 0 Å². The Morgan fingerprint density at radius 1 is 1.05 bits per heavy atom. The maximum absolute atomic E-state index is 5.41. The highest BCUT2D eigenvalue weighted by molar-refractivity contribution is 7.80. The fourth-order valence-corrected chi connectivity index (χ4v) is 2.60. The van der Waals surface area contributed by atoms with Crippen LogP contribution in [0.5, 0.6) is 0 Å². The van der Waals surface area contributed by atoms with Gasteiger partial charge in [0.05, 0.1) is 0 Å². The van der Waals surface area contributed by atoms with Gasteiger partial charge in [-0.3, -0.25) is 0 Å². The molecule has 2 nitrogen and oxygen atoms in total. The summed E-state index contributed by atoms with van der Waals surface area (Å²) in [7, 11) is 0. The maximum atomic E-state index is 5.41. The van der Waals surface area contributed by atoms with Crippen molar-refractivity contribution >= 4 is 28.7 Å². The molecule has 0 radical (unpaired) electrons. The van der Waals surface area contributed by atoms with Gasteiger partial charge < -0.3 is 10.6 Å². The van der Waals surface area contributed by atoms with E-state index in [2.05, 4.69) is 47.9 Å². The van der Waals surface area contributed by atoms with Crippen molar-refractivity contribution in [1.82, 2.24) is 0 Å². The summed E-state index contributed by atoms with van der Waals surface area (Å²) in [5.74, 6) is 0.709. The van der Waals surface area contributed by atoms with E-state index in [4.69, 9.17) is 12.2 Å². The van der Waals surface area contributed by atoms with Gasteiger partial charge in [0.25, 0.3) is 0 Å². The smallest absolute Gasteiger partial charge is 0.175 e. The standard InChI is InChI=1S/C17H18N2S/c1-12-5-4-6-14(11-12)18-17(20)19-16-8-3-2-7-15(16)13-9-10-13/h2-8,11,13H,9-10H2,1H3,(H2,18,19,20). The van der Waals surface area contributed by atoms with Gasteiger partial charge in [-0.05, 0) is 67.2 Å². The minimum atomic E-state index is 0.642. The van der Waals surface area contributed by atoms with Crippen LogP contribution in [0.15, 0.2) is 48.5 Å². The molecule has 1 aliphatic carbocycles. The summed E-state index contributed by atoms with van der Waals surface area (Å²) < 4.78 is 0. The first-order chi connectivity index (χ1) is 9.72. The van der Waals surface area contributed by atoms with Gasteiger partial charge in [-0.25, -0.2) is 0 Å². The van der Waals surface area contributed by atoms with Crippen LogP contribution in [0.2, 0.25) is 0 Å². The van der Waals surface area contributed by atoms with E-state index >= 15 is 0 Å². The molecule has 0 saturated heterocycles. The van der Waals surface area contributed by atoms with Crippen molar-refractivity contribution < 1.29 is 0 Å². The minimum Gasteiger partial charge on any atom is -0.332 e. The van der Waals surface area contributed by atoms with Crippen molar-refractivity contribution in [2.24, 2.45) is 0 Å². The molecule has 0 heterocycles. The van der Waals surface area contributed by atoms with Gasteiger partial charge in [0.1, 0.15) is 0 Å². The van der Waals surface area contributed by atoms with Crippen molar-refractivity contribution in [3.05, 3.63) is 59.7 Å². The topological polar surface area (TPSA) is 24.1 Å². The summed E-state index contributed by atoms with van der Waals surface area (Å²) in [5.41, 5.74) is 4.74. The van der Waals surface area contributed by atoms with Crippen LogP contribution in [-0.4, -0.2) is 5.11 Å². The molecular formula is C17H18N2S. The number of anilines is 2. The van der Waals surface area contributed by atoms with Crippen LogP contribution in [-0.2, 0) is 0 Å². The van der Waals surface area contributed by atoms with Gasteiger partial charge in [-0.15, -0.1) is 0 Å². The number of nitrogens with one attached hydrogen (secondary N) is 2. The molecule has 2 N–H and O–H groups in total. The van der Waals surface area contributed by atoms with E-state index < -0.39 is 0 Å². The lowest BCUT2D eigenvalue weighted by Gasteiger charge is -2.14. The van der Waals surface area contributed by atoms with Crippen molar-refractivity contribution in [3.8, 4) is 0 Å². The van der Waals surface area contributed by atoms with E-state index in [1.165, 1.54) is 24.0 Å². The Morgan fingerprint density at radius 3 is 2.60 bits per heavy atom. The predicted molar refractivity (Wildman–Crippen MR) is 89.4 cm³/mol. The molecule has 1 aliphatic rings. The Hall–Kier alpha value is -1.87. The monoisotopic (exact) mass is 282 g/mol. The Balaban J connectivity index is 1.70. The quantitative estimate of drug-likeness (QED) is 0.799. The third-order valence-corrected chi connectivity index (χ3v) is 3.71. The highest BCUT2D eigenvalue weighted by atomic mass is 32.1. The second kappa shape index (κ2) is 5.63. The van der Waals surface area contributed by atoms with Crippen molar-refractivity contribution in [1.29, 1.82) is 0 Å². The van der Waals surface area contributed by atoms with Crippen LogP contribution >= 0.6 is 12.2 Å². The lowest BCUT2D eigenvalue weighted by Crippen LogP contribution is -2.19. The molecule has 0 unspecified atom stereocenters. The average molecular weight is 282 g/mol. The Bertz CT molecular complexity index is 632. The molecule has 2 aromatic rings. The zero-order chi connectivity index (χ0) is 13.9. The van der Waals surface area contributed by atoms with E-state index in [0.29, 0.717) is 11.0 Å². The van der Waals surface area contributed by atoms with Gasteiger partial charge in [-0.2, -0.15) is 0 Å². The number of para-hydroxylation sites is 1. The molecule has 0 amide bonds. The molecule has 3 rings (SSSR count). The van der Waals surface area contributed by atoms with E-state index in [-0.39, 0.29) is 0 Å². The average Bonchev–Trinajstić information content (AvgIpc) is 3.23. The number of hydrogen-bond acceptors (Lipinski definition) is 1. The zero-order valence-corrected chi connectivity index (χ0v) is 12.3. The van der Waals surface area contributed by atoms with Crippen LogP contribution in [0.4, 0.5) is 11.4 Å². The number of benzene rings is 2. The van der Waals surface area contributed by atoms with Crippen molar-refractivity contribution in [2.75, 3.05) is 10.6 Å². The maximum Gasteiger partial charge on any atom is 0.175 e. The second-order valence-electron chi connectivity index (χ2n) is 5.31. The summed E-state index contributed by atoms with van der Waals surface area (Å²) in [6.07, 6.45) is 2.58. The van der Waals surface area contributed by atoms with Gasteiger partial charge in [0.2, 0.25) is 0 Å². The van der Waals surface area contributed by atoms with Crippen LogP contribution in [0.1, 0.15) is 29.9 Å². The predicted octanol–water partition coefficient (Wildman–Crippen LogP) is 4.68. The normalized spacial score (nSPS) is 13.8. The Kier molecular flexibility index (Phi) is 3.70. The molecule has 0 atom stereocenters. The summed E-state index contributed by atoms with van der Waals surface area (Å²) in [4.78, 5) is 0. The Labute approximate surface area is 125 Å². The van der Waals surface area contributed by atoms with E-state index in [0.717, 1.165) is 11.4 Å². The van der Waals surface area contributed by atoms with Crippen LogP contribution in [0.25, 0.3) is 0 Å². The number of rotatable bonds is 3. The first-order valence-electron chi connectivity index (χ1n) is 6.96. The van der Waals surface area contributed by atoms with Gasteiger partial charge in [0, 0.05) is 11.4 Å². The van der Waals surface area contributed by atoms with Crippen LogP contribution in [0, 0.1) is 6.92 Å². The molecule has 1 fully saturated rings. The molecule has 0 spiro atoms. The highest BCUT2D eigenvalue weighted by Crippen LogP contribution is 2.43. The number of thiocarbonyl (C=S) groups is 1. The molecule has 0 aliphatic heterocycles. The first kappa shape index (κ1) is 13.1. The van der Waals surface area contributed by atoms with Gasteiger partial charge >= 0.3 is 0 Å². The molecule has 2 aromatic carbocycles. The molecule has 0 bridgehead atoms. The van der Waals surface area contributed by atoms with E-state index in [1.54, 1.807) is 0 Å². The molecule has 1 saturated carbocycles. The molecule has 0 aromatic heterocycles. The Morgan fingerprint density at radius 2 is 1.85 bits per heavy atom. The lowest BCUT2D eigenvalue weighted by atomic mass is 10.1. The molecule has 20 heavy (non-hydrogen) atoms. The van der Waals surface area contributed by atoms with E-state index in [1.807, 2.05) is 18.2 Å². The lowest BCUT2D eigenvalue weighted by molar-refractivity contribution is 1.13. The summed E-state index contributed by atoms with van der Waals surface area (Å²) in [6, 6.07) is 16.6. The third kappa shape index (κ3) is 3.17. The fraction of sp³-hybridized carbons (Fsp3) is 0.235. The summed E-state index contributed by atoms with van der Waals surface area (Å²) in [6.45, 7) is 2.07. The summed E-state index contributed by atoms with van der Waals surface area (Å²) >= 11 is 5.41.